The number of nitrogens with two attached hydrogens (primary N) is 1. The molecule has 1 aromatic carbocycles. The first-order valence-corrected chi connectivity index (χ1v) is 6.51. The van der Waals surface area contributed by atoms with Gasteiger partial charge in [-0.2, -0.15) is 11.3 Å². The van der Waals surface area contributed by atoms with Gasteiger partial charge in [0.2, 0.25) is 0 Å². The lowest BCUT2D eigenvalue weighted by Crippen LogP contribution is -2.13. The second kappa shape index (κ2) is 5.00. The molecular formula is C13H14ClNS. The molecule has 2 rings (SSSR count). The molecule has 0 spiro atoms. The maximum Gasteiger partial charge on any atom is 0.0435 e. The van der Waals surface area contributed by atoms with Crippen molar-refractivity contribution in [3.8, 4) is 0 Å². The Morgan fingerprint density at radius 3 is 2.81 bits per heavy atom. The monoisotopic (exact) mass is 251 g/mol. The van der Waals surface area contributed by atoms with Crippen molar-refractivity contribution in [1.82, 2.24) is 0 Å². The predicted molar refractivity (Wildman–Crippen MR) is 71.1 cm³/mol. The van der Waals surface area contributed by atoms with Crippen molar-refractivity contribution in [2.24, 2.45) is 5.73 Å². The average molecular weight is 252 g/mol. The van der Waals surface area contributed by atoms with Gasteiger partial charge in [-0.25, -0.2) is 0 Å². The molecule has 1 aromatic heterocycles. The Bertz CT molecular complexity index is 465. The molecule has 0 radical (unpaired) electrons. The van der Waals surface area contributed by atoms with Crippen LogP contribution in [0, 0.1) is 6.92 Å². The molecule has 1 unspecified atom stereocenters. The Kier molecular flexibility index (Phi) is 3.64. The highest BCUT2D eigenvalue weighted by Crippen LogP contribution is 2.22. The predicted octanol–water partition coefficient (Wildman–Crippen LogP) is 3.95. The van der Waals surface area contributed by atoms with Crippen LogP contribution in [-0.2, 0) is 6.42 Å². The van der Waals surface area contributed by atoms with Crippen LogP contribution < -0.4 is 5.73 Å². The molecule has 0 fully saturated rings. The van der Waals surface area contributed by atoms with Crippen LogP contribution in [0.25, 0.3) is 0 Å². The zero-order valence-corrected chi connectivity index (χ0v) is 10.7. The molecule has 0 saturated carbocycles. The van der Waals surface area contributed by atoms with E-state index in [1.54, 1.807) is 11.3 Å². The fraction of sp³-hybridized carbons (Fsp3) is 0.231. The minimum atomic E-state index is 0.0468. The van der Waals surface area contributed by atoms with E-state index in [4.69, 9.17) is 17.3 Å². The summed E-state index contributed by atoms with van der Waals surface area (Å²) in [6, 6.07) is 8.16. The van der Waals surface area contributed by atoms with E-state index in [0.717, 1.165) is 22.6 Å². The molecule has 0 bridgehead atoms. The molecule has 84 valence electrons. The summed E-state index contributed by atoms with van der Waals surface area (Å²) in [7, 11) is 0. The van der Waals surface area contributed by atoms with Gasteiger partial charge in [-0.15, -0.1) is 0 Å². The van der Waals surface area contributed by atoms with Gasteiger partial charge in [-0.1, -0.05) is 23.7 Å². The van der Waals surface area contributed by atoms with Gasteiger partial charge < -0.3 is 5.73 Å². The summed E-state index contributed by atoms with van der Waals surface area (Å²) in [6.45, 7) is 2.00. The lowest BCUT2D eigenvalue weighted by Gasteiger charge is -2.12. The fourth-order valence-corrected chi connectivity index (χ4v) is 2.48. The Labute approximate surface area is 105 Å². The van der Waals surface area contributed by atoms with Crippen molar-refractivity contribution in [3.63, 3.8) is 0 Å². The Morgan fingerprint density at radius 1 is 1.38 bits per heavy atom. The zero-order chi connectivity index (χ0) is 11.5. The number of hydrogen-bond donors (Lipinski definition) is 1. The quantitative estimate of drug-likeness (QED) is 0.878. The van der Waals surface area contributed by atoms with Gasteiger partial charge in [-0.05, 0) is 52.9 Å². The Balaban J connectivity index is 2.14. The summed E-state index contributed by atoms with van der Waals surface area (Å²) in [5, 5.41) is 5.02. The summed E-state index contributed by atoms with van der Waals surface area (Å²) < 4.78 is 0. The summed E-state index contributed by atoms with van der Waals surface area (Å²) in [6.07, 6.45) is 0.880. The summed E-state index contributed by atoms with van der Waals surface area (Å²) in [5.74, 6) is 0. The molecule has 2 N–H and O–H groups in total. The average Bonchev–Trinajstić information content (AvgIpc) is 2.74. The molecule has 1 atom stereocenters. The van der Waals surface area contributed by atoms with Crippen LogP contribution in [0.5, 0.6) is 0 Å². The molecule has 1 nitrogen and oxygen atoms in total. The molecule has 0 aliphatic rings. The van der Waals surface area contributed by atoms with Crippen molar-refractivity contribution in [1.29, 1.82) is 0 Å². The number of hydrogen-bond acceptors (Lipinski definition) is 2. The topological polar surface area (TPSA) is 26.0 Å². The second-order valence-electron chi connectivity index (χ2n) is 3.95. The lowest BCUT2D eigenvalue weighted by molar-refractivity contribution is 0.723. The molecule has 0 aliphatic carbocycles. The minimum Gasteiger partial charge on any atom is -0.324 e. The van der Waals surface area contributed by atoms with Crippen LogP contribution in [-0.4, -0.2) is 0 Å². The molecule has 3 heteroatoms. The molecule has 16 heavy (non-hydrogen) atoms. The first-order valence-electron chi connectivity index (χ1n) is 5.19. The van der Waals surface area contributed by atoms with Crippen LogP contribution in [0.1, 0.15) is 22.7 Å². The maximum atomic E-state index is 6.17. The Morgan fingerprint density at radius 2 is 2.19 bits per heavy atom. The largest absolute Gasteiger partial charge is 0.324 e. The van der Waals surface area contributed by atoms with E-state index in [9.17, 15) is 0 Å². The molecule has 0 saturated heterocycles. The van der Waals surface area contributed by atoms with E-state index in [2.05, 4.69) is 22.9 Å². The SMILES string of the molecule is Cc1cc(C(N)Cc2ccsc2)ccc1Cl. The third-order valence-corrected chi connectivity index (χ3v) is 3.80. The highest BCUT2D eigenvalue weighted by Gasteiger charge is 2.08. The fourth-order valence-electron chi connectivity index (χ4n) is 1.68. The molecule has 2 aromatic rings. The third-order valence-electron chi connectivity index (χ3n) is 2.65. The second-order valence-corrected chi connectivity index (χ2v) is 5.14. The van der Waals surface area contributed by atoms with Crippen molar-refractivity contribution < 1.29 is 0 Å². The van der Waals surface area contributed by atoms with E-state index >= 15 is 0 Å². The van der Waals surface area contributed by atoms with E-state index in [0.29, 0.717) is 0 Å². The highest BCUT2D eigenvalue weighted by atomic mass is 35.5. The number of thiophene rings is 1. The third kappa shape index (κ3) is 2.64. The van der Waals surface area contributed by atoms with Crippen molar-refractivity contribution >= 4 is 22.9 Å². The zero-order valence-electron chi connectivity index (χ0n) is 9.11. The van der Waals surface area contributed by atoms with Gasteiger partial charge in [0.05, 0.1) is 0 Å². The van der Waals surface area contributed by atoms with Crippen LogP contribution in [0.15, 0.2) is 35.0 Å². The number of rotatable bonds is 3. The van der Waals surface area contributed by atoms with E-state index < -0.39 is 0 Å². The molecule has 0 amide bonds. The molecule has 0 aliphatic heterocycles. The maximum absolute atomic E-state index is 6.17. The van der Waals surface area contributed by atoms with E-state index in [1.807, 2.05) is 19.1 Å². The Hall–Kier alpha value is -0.830. The summed E-state index contributed by atoms with van der Waals surface area (Å²) in [4.78, 5) is 0. The van der Waals surface area contributed by atoms with Crippen molar-refractivity contribution in [3.05, 3.63) is 56.7 Å². The number of aryl methyl sites for hydroxylation is 1. The smallest absolute Gasteiger partial charge is 0.0435 e. The summed E-state index contributed by atoms with van der Waals surface area (Å²) in [5.41, 5.74) is 9.69. The van der Waals surface area contributed by atoms with Gasteiger partial charge in [0.1, 0.15) is 0 Å². The van der Waals surface area contributed by atoms with Crippen LogP contribution in [0.2, 0.25) is 5.02 Å². The van der Waals surface area contributed by atoms with Crippen LogP contribution in [0.4, 0.5) is 0 Å². The van der Waals surface area contributed by atoms with E-state index in [1.165, 1.54) is 5.56 Å². The molecule has 1 heterocycles. The van der Waals surface area contributed by atoms with Gasteiger partial charge in [0.25, 0.3) is 0 Å². The number of benzene rings is 1. The van der Waals surface area contributed by atoms with Crippen LogP contribution >= 0.6 is 22.9 Å². The highest BCUT2D eigenvalue weighted by molar-refractivity contribution is 7.07. The van der Waals surface area contributed by atoms with Crippen molar-refractivity contribution in [2.45, 2.75) is 19.4 Å². The standard InChI is InChI=1S/C13H14ClNS/c1-9-6-11(2-3-12(9)14)13(15)7-10-4-5-16-8-10/h2-6,8,13H,7,15H2,1H3. The first-order chi connectivity index (χ1) is 7.66. The van der Waals surface area contributed by atoms with Crippen LogP contribution in [0.3, 0.4) is 0 Å². The van der Waals surface area contributed by atoms with Gasteiger partial charge in [-0.3, -0.25) is 0 Å². The summed E-state index contributed by atoms with van der Waals surface area (Å²) >= 11 is 7.69. The first kappa shape index (κ1) is 11.6. The lowest BCUT2D eigenvalue weighted by atomic mass is 10.00. The van der Waals surface area contributed by atoms with E-state index in [-0.39, 0.29) is 6.04 Å². The van der Waals surface area contributed by atoms with Crippen molar-refractivity contribution in [2.75, 3.05) is 0 Å². The normalized spacial score (nSPS) is 12.7. The van der Waals surface area contributed by atoms with Gasteiger partial charge in [0.15, 0.2) is 0 Å². The molecular weight excluding hydrogens is 238 g/mol. The van der Waals surface area contributed by atoms with Gasteiger partial charge in [0, 0.05) is 11.1 Å². The minimum absolute atomic E-state index is 0.0468. The van der Waals surface area contributed by atoms with Gasteiger partial charge >= 0.3 is 0 Å². The number of halogens is 1.